The van der Waals surface area contributed by atoms with Crippen LogP contribution < -0.4 is 5.32 Å². The van der Waals surface area contributed by atoms with E-state index in [0.29, 0.717) is 13.2 Å². The Morgan fingerprint density at radius 2 is 2.22 bits per heavy atom. The fourth-order valence-corrected chi connectivity index (χ4v) is 2.57. The first-order chi connectivity index (χ1) is 10.8. The zero-order chi connectivity index (χ0) is 15.6. The summed E-state index contributed by atoms with van der Waals surface area (Å²) in [7, 11) is 0. The lowest BCUT2D eigenvalue weighted by atomic mass is 10.00. The normalized spacial score (nSPS) is 16.3. The van der Waals surface area contributed by atoms with Gasteiger partial charge in [-0.15, -0.1) is 24.0 Å². The van der Waals surface area contributed by atoms with E-state index in [4.69, 9.17) is 14.1 Å². The van der Waals surface area contributed by atoms with Gasteiger partial charge in [0.15, 0.2) is 5.96 Å². The third-order valence-corrected chi connectivity index (χ3v) is 3.95. The van der Waals surface area contributed by atoms with Gasteiger partial charge in [0.25, 0.3) is 0 Å². The molecule has 0 aliphatic carbocycles. The van der Waals surface area contributed by atoms with Crippen molar-refractivity contribution in [2.45, 2.75) is 39.7 Å². The first-order valence-corrected chi connectivity index (χ1v) is 8.43. The highest BCUT2D eigenvalue weighted by Crippen LogP contribution is 2.15. The molecule has 2 rings (SSSR count). The van der Waals surface area contributed by atoms with Crippen LogP contribution in [0.5, 0.6) is 0 Å². The zero-order valence-corrected chi connectivity index (χ0v) is 16.6. The molecule has 0 amide bonds. The van der Waals surface area contributed by atoms with E-state index >= 15 is 0 Å². The second-order valence-corrected chi connectivity index (χ2v) is 5.89. The van der Waals surface area contributed by atoms with Crippen LogP contribution in [-0.2, 0) is 11.3 Å². The van der Waals surface area contributed by atoms with Crippen molar-refractivity contribution >= 4 is 29.9 Å². The van der Waals surface area contributed by atoms with E-state index in [2.05, 4.69) is 24.1 Å². The Balaban J connectivity index is 0.00000264. The van der Waals surface area contributed by atoms with Gasteiger partial charge in [-0.2, -0.15) is 0 Å². The highest BCUT2D eigenvalue weighted by atomic mass is 127. The van der Waals surface area contributed by atoms with Gasteiger partial charge in [-0.1, -0.05) is 6.92 Å². The number of nitrogens with zero attached hydrogens (tertiary/aromatic N) is 2. The van der Waals surface area contributed by atoms with Gasteiger partial charge in [0.2, 0.25) is 0 Å². The molecule has 1 aliphatic rings. The summed E-state index contributed by atoms with van der Waals surface area (Å²) in [6, 6.07) is 3.81. The molecule has 0 spiro atoms. The predicted octanol–water partition coefficient (Wildman–Crippen LogP) is 3.50. The Morgan fingerprint density at radius 3 is 2.87 bits per heavy atom. The summed E-state index contributed by atoms with van der Waals surface area (Å²) >= 11 is 0. The number of aliphatic imine (C=N–C) groups is 1. The number of piperidine rings is 1. The topological polar surface area (TPSA) is 50.0 Å². The standard InChI is InChI=1S/C17H29N3O2.HI/c1-3-18-17(20-10-7-15(2)8-11-20)19-9-5-12-21-14-16-6-4-13-22-16;/h4,6,13,15H,3,5,7-12,14H2,1-2H3,(H,18,19);1H. The molecule has 1 fully saturated rings. The summed E-state index contributed by atoms with van der Waals surface area (Å²) in [6.45, 7) is 9.64. The largest absolute Gasteiger partial charge is 0.467 e. The SMILES string of the molecule is CCNC(=NCCCOCc1ccco1)N1CCC(C)CC1.I. The molecular weight excluding hydrogens is 405 g/mol. The first-order valence-electron chi connectivity index (χ1n) is 8.43. The molecule has 1 aromatic heterocycles. The summed E-state index contributed by atoms with van der Waals surface area (Å²) in [5, 5.41) is 3.40. The number of halogens is 1. The molecule has 1 aliphatic heterocycles. The van der Waals surface area contributed by atoms with Crippen molar-refractivity contribution in [1.29, 1.82) is 0 Å². The smallest absolute Gasteiger partial charge is 0.193 e. The van der Waals surface area contributed by atoms with E-state index in [0.717, 1.165) is 50.2 Å². The summed E-state index contributed by atoms with van der Waals surface area (Å²) in [4.78, 5) is 7.11. The molecule has 1 N–H and O–H groups in total. The molecule has 0 bridgehead atoms. The van der Waals surface area contributed by atoms with Gasteiger partial charge in [-0.3, -0.25) is 4.99 Å². The molecule has 1 aromatic rings. The molecule has 23 heavy (non-hydrogen) atoms. The summed E-state index contributed by atoms with van der Waals surface area (Å²) in [5.74, 6) is 2.77. The van der Waals surface area contributed by atoms with E-state index < -0.39 is 0 Å². The van der Waals surface area contributed by atoms with Gasteiger partial charge in [0.1, 0.15) is 12.4 Å². The predicted molar refractivity (Wildman–Crippen MR) is 104 cm³/mol. The summed E-state index contributed by atoms with van der Waals surface area (Å²) < 4.78 is 10.8. The molecule has 0 aromatic carbocycles. The van der Waals surface area contributed by atoms with Crippen LogP contribution in [0.15, 0.2) is 27.8 Å². The minimum atomic E-state index is 0. The second-order valence-electron chi connectivity index (χ2n) is 5.89. The van der Waals surface area contributed by atoms with Crippen LogP contribution in [0.2, 0.25) is 0 Å². The number of nitrogens with one attached hydrogen (secondary N) is 1. The van der Waals surface area contributed by atoms with E-state index in [-0.39, 0.29) is 24.0 Å². The molecule has 2 heterocycles. The Kier molecular flexibility index (Phi) is 10.3. The molecule has 0 saturated carbocycles. The van der Waals surface area contributed by atoms with Crippen molar-refractivity contribution in [3.05, 3.63) is 24.2 Å². The van der Waals surface area contributed by atoms with E-state index in [9.17, 15) is 0 Å². The van der Waals surface area contributed by atoms with Gasteiger partial charge in [0, 0.05) is 32.8 Å². The molecule has 0 unspecified atom stereocenters. The number of rotatable bonds is 7. The maximum atomic E-state index is 5.58. The fourth-order valence-electron chi connectivity index (χ4n) is 2.57. The number of hydrogen-bond acceptors (Lipinski definition) is 3. The van der Waals surface area contributed by atoms with Gasteiger partial charge in [-0.05, 0) is 44.2 Å². The Hall–Kier alpha value is -0.760. The van der Waals surface area contributed by atoms with Crippen LogP contribution in [0.1, 0.15) is 38.9 Å². The van der Waals surface area contributed by atoms with Gasteiger partial charge in [0.05, 0.1) is 6.26 Å². The van der Waals surface area contributed by atoms with Crippen molar-refractivity contribution < 1.29 is 9.15 Å². The van der Waals surface area contributed by atoms with Crippen LogP contribution in [0, 0.1) is 5.92 Å². The van der Waals surface area contributed by atoms with E-state index in [1.807, 2.05) is 12.1 Å². The number of ether oxygens (including phenoxy) is 1. The van der Waals surface area contributed by atoms with Crippen molar-refractivity contribution in [3.63, 3.8) is 0 Å². The molecule has 0 atom stereocenters. The number of hydrogen-bond donors (Lipinski definition) is 1. The number of likely N-dealkylation sites (tertiary alicyclic amines) is 1. The average molecular weight is 435 g/mol. The van der Waals surface area contributed by atoms with Crippen LogP contribution in [0.4, 0.5) is 0 Å². The summed E-state index contributed by atoms with van der Waals surface area (Å²) in [6.07, 6.45) is 5.12. The second kappa shape index (κ2) is 11.7. The monoisotopic (exact) mass is 435 g/mol. The van der Waals surface area contributed by atoms with Crippen LogP contribution in [0.25, 0.3) is 0 Å². The summed E-state index contributed by atoms with van der Waals surface area (Å²) in [5.41, 5.74) is 0. The Morgan fingerprint density at radius 1 is 1.43 bits per heavy atom. The third-order valence-electron chi connectivity index (χ3n) is 3.95. The zero-order valence-electron chi connectivity index (χ0n) is 14.3. The molecule has 132 valence electrons. The third kappa shape index (κ3) is 7.56. The van der Waals surface area contributed by atoms with E-state index in [1.165, 1.54) is 12.8 Å². The molecular formula is C17H30IN3O2. The lowest BCUT2D eigenvalue weighted by molar-refractivity contribution is 0.105. The quantitative estimate of drug-likeness (QED) is 0.308. The molecule has 6 heteroatoms. The first kappa shape index (κ1) is 20.3. The maximum absolute atomic E-state index is 5.58. The Labute approximate surface area is 156 Å². The van der Waals surface area contributed by atoms with Crippen LogP contribution in [-0.4, -0.2) is 43.6 Å². The van der Waals surface area contributed by atoms with E-state index in [1.54, 1.807) is 6.26 Å². The highest BCUT2D eigenvalue weighted by Gasteiger charge is 2.18. The number of guanidine groups is 1. The maximum Gasteiger partial charge on any atom is 0.193 e. The van der Waals surface area contributed by atoms with Gasteiger partial charge in [-0.25, -0.2) is 0 Å². The van der Waals surface area contributed by atoms with Crippen LogP contribution >= 0.6 is 24.0 Å². The lowest BCUT2D eigenvalue weighted by Gasteiger charge is -2.33. The highest BCUT2D eigenvalue weighted by molar-refractivity contribution is 14.0. The fraction of sp³-hybridized carbons (Fsp3) is 0.706. The lowest BCUT2D eigenvalue weighted by Crippen LogP contribution is -2.45. The van der Waals surface area contributed by atoms with Crippen molar-refractivity contribution in [2.24, 2.45) is 10.9 Å². The van der Waals surface area contributed by atoms with Crippen molar-refractivity contribution in [1.82, 2.24) is 10.2 Å². The van der Waals surface area contributed by atoms with Crippen molar-refractivity contribution in [2.75, 3.05) is 32.8 Å². The minimum Gasteiger partial charge on any atom is -0.467 e. The molecule has 0 radical (unpaired) electrons. The minimum absolute atomic E-state index is 0. The van der Waals surface area contributed by atoms with Crippen LogP contribution in [0.3, 0.4) is 0 Å². The Bertz CT molecular complexity index is 429. The van der Waals surface area contributed by atoms with Crippen molar-refractivity contribution in [3.8, 4) is 0 Å². The average Bonchev–Trinajstić information content (AvgIpc) is 3.04. The number of furan rings is 1. The van der Waals surface area contributed by atoms with Gasteiger partial charge >= 0.3 is 0 Å². The molecule has 5 nitrogen and oxygen atoms in total. The van der Waals surface area contributed by atoms with Gasteiger partial charge < -0.3 is 19.4 Å². The molecule has 1 saturated heterocycles.